The van der Waals surface area contributed by atoms with Crippen molar-refractivity contribution in [3.63, 3.8) is 0 Å². The second-order valence-corrected chi connectivity index (χ2v) is 8.06. The summed E-state index contributed by atoms with van der Waals surface area (Å²) in [5, 5.41) is 12.0. The number of benzene rings is 3. The molecule has 0 unspecified atom stereocenters. The number of fused-ring (bicyclic) bond motifs is 1. The Hall–Kier alpha value is -2.72. The summed E-state index contributed by atoms with van der Waals surface area (Å²) < 4.78 is 13.3. The minimum absolute atomic E-state index is 0.253. The first-order chi connectivity index (χ1) is 13.6. The summed E-state index contributed by atoms with van der Waals surface area (Å²) in [6, 6.07) is 23.3. The summed E-state index contributed by atoms with van der Waals surface area (Å²) in [5.74, 6) is 1.12. The number of hydrogen-bond acceptors (Lipinski definition) is 3. The van der Waals surface area contributed by atoms with E-state index < -0.39 is 0 Å². The van der Waals surface area contributed by atoms with Gasteiger partial charge in [0.15, 0.2) is 0 Å². The van der Waals surface area contributed by atoms with Crippen molar-refractivity contribution >= 4 is 22.5 Å². The normalized spacial score (nSPS) is 11.3. The number of hydrogen-bond donors (Lipinski definition) is 0. The van der Waals surface area contributed by atoms with E-state index in [1.165, 1.54) is 23.3 Å². The van der Waals surface area contributed by atoms with E-state index in [-0.39, 0.29) is 5.82 Å². The molecule has 0 aliphatic rings. The molecule has 28 heavy (non-hydrogen) atoms. The topological polar surface area (TPSA) is 25.8 Å². The fourth-order valence-electron chi connectivity index (χ4n) is 3.16. The molecule has 0 saturated carbocycles. The molecular formula is C24H21FN2S. The molecule has 0 fully saturated rings. The van der Waals surface area contributed by atoms with Gasteiger partial charge in [-0.05, 0) is 41.3 Å². The van der Waals surface area contributed by atoms with Gasteiger partial charge < -0.3 is 0 Å². The van der Waals surface area contributed by atoms with Gasteiger partial charge in [-0.15, -0.1) is 10.2 Å². The van der Waals surface area contributed by atoms with Gasteiger partial charge in [0, 0.05) is 22.1 Å². The summed E-state index contributed by atoms with van der Waals surface area (Å²) in [5.41, 5.74) is 4.26. The van der Waals surface area contributed by atoms with Crippen molar-refractivity contribution in [1.82, 2.24) is 10.2 Å². The maximum absolute atomic E-state index is 13.3. The Bertz CT molecular complexity index is 1090. The highest BCUT2D eigenvalue weighted by Crippen LogP contribution is 2.33. The summed E-state index contributed by atoms with van der Waals surface area (Å²) in [7, 11) is 0. The lowest BCUT2D eigenvalue weighted by Crippen LogP contribution is -1.94. The maximum atomic E-state index is 13.3. The van der Waals surface area contributed by atoms with E-state index in [9.17, 15) is 4.39 Å². The first-order valence-corrected chi connectivity index (χ1v) is 10.3. The van der Waals surface area contributed by atoms with E-state index in [4.69, 9.17) is 0 Å². The van der Waals surface area contributed by atoms with E-state index >= 15 is 0 Å². The van der Waals surface area contributed by atoms with Gasteiger partial charge in [-0.3, -0.25) is 0 Å². The van der Waals surface area contributed by atoms with E-state index in [2.05, 4.69) is 54.4 Å². The molecule has 4 heteroatoms. The van der Waals surface area contributed by atoms with Gasteiger partial charge in [-0.1, -0.05) is 74.1 Å². The predicted octanol–water partition coefficient (Wildman–Crippen LogP) is 6.85. The Morgan fingerprint density at radius 1 is 0.821 bits per heavy atom. The van der Waals surface area contributed by atoms with Crippen LogP contribution in [0.15, 0.2) is 77.8 Å². The molecule has 0 radical (unpaired) electrons. The van der Waals surface area contributed by atoms with Crippen LogP contribution in [0.4, 0.5) is 4.39 Å². The zero-order valence-corrected chi connectivity index (χ0v) is 16.7. The molecule has 3 aromatic carbocycles. The fourth-order valence-corrected chi connectivity index (χ4v) is 4.09. The molecule has 140 valence electrons. The zero-order valence-electron chi connectivity index (χ0n) is 15.9. The zero-order chi connectivity index (χ0) is 19.5. The molecular weight excluding hydrogens is 367 g/mol. The summed E-state index contributed by atoms with van der Waals surface area (Å²) in [4.78, 5) is 0. The van der Waals surface area contributed by atoms with Crippen molar-refractivity contribution in [3.05, 3.63) is 89.7 Å². The number of thioether (sulfide) groups is 1. The lowest BCUT2D eigenvalue weighted by Gasteiger charge is -2.10. The number of rotatable bonds is 5. The van der Waals surface area contributed by atoms with Crippen molar-refractivity contribution in [1.29, 1.82) is 0 Å². The van der Waals surface area contributed by atoms with Crippen LogP contribution in [0.3, 0.4) is 0 Å². The monoisotopic (exact) mass is 388 g/mol. The minimum atomic E-state index is -0.253. The average Bonchev–Trinajstić information content (AvgIpc) is 2.73. The van der Waals surface area contributed by atoms with E-state index in [1.807, 2.05) is 18.2 Å². The van der Waals surface area contributed by atoms with Gasteiger partial charge in [0.25, 0.3) is 0 Å². The smallest absolute Gasteiger partial charge is 0.127 e. The Balaban J connectivity index is 1.63. The number of aromatic nitrogens is 2. The highest BCUT2D eigenvalue weighted by atomic mass is 32.2. The largest absolute Gasteiger partial charge is 0.207 e. The molecule has 0 atom stereocenters. The molecule has 0 spiro atoms. The lowest BCUT2D eigenvalue weighted by atomic mass is 10.0. The number of nitrogens with zero attached hydrogens (tertiary/aromatic N) is 2. The second kappa shape index (κ2) is 8.11. The summed E-state index contributed by atoms with van der Waals surface area (Å²) in [6.45, 7) is 4.41. The highest BCUT2D eigenvalue weighted by Gasteiger charge is 2.11. The molecule has 0 amide bonds. The van der Waals surface area contributed by atoms with Crippen LogP contribution < -0.4 is 0 Å². The van der Waals surface area contributed by atoms with Crippen molar-refractivity contribution in [3.8, 4) is 11.3 Å². The minimum Gasteiger partial charge on any atom is -0.207 e. The average molecular weight is 389 g/mol. The third kappa shape index (κ3) is 3.92. The van der Waals surface area contributed by atoms with Crippen LogP contribution in [0.5, 0.6) is 0 Å². The quantitative estimate of drug-likeness (QED) is 0.350. The van der Waals surface area contributed by atoms with Gasteiger partial charge in [0.05, 0.1) is 0 Å². The molecule has 2 nitrogen and oxygen atoms in total. The van der Waals surface area contributed by atoms with Crippen molar-refractivity contribution in [2.75, 3.05) is 0 Å². The van der Waals surface area contributed by atoms with Gasteiger partial charge in [0.2, 0.25) is 0 Å². The van der Waals surface area contributed by atoms with Gasteiger partial charge >= 0.3 is 0 Å². The first kappa shape index (κ1) is 18.6. The van der Waals surface area contributed by atoms with E-state index in [0.717, 1.165) is 32.8 Å². The molecule has 1 heterocycles. The molecule has 0 bridgehead atoms. The fraction of sp³-hybridized carbons (Fsp3) is 0.167. The van der Waals surface area contributed by atoms with Crippen LogP contribution in [0.25, 0.3) is 22.0 Å². The molecule has 0 aliphatic heterocycles. The molecule has 4 rings (SSSR count). The van der Waals surface area contributed by atoms with Gasteiger partial charge in [-0.2, -0.15) is 0 Å². The lowest BCUT2D eigenvalue weighted by molar-refractivity contribution is 0.628. The van der Waals surface area contributed by atoms with Crippen LogP contribution in [0.1, 0.15) is 30.9 Å². The first-order valence-electron chi connectivity index (χ1n) is 9.35. The molecule has 1 aromatic heterocycles. The predicted molar refractivity (Wildman–Crippen MR) is 115 cm³/mol. The van der Waals surface area contributed by atoms with Crippen LogP contribution in [0, 0.1) is 5.82 Å². The van der Waals surface area contributed by atoms with Crippen LogP contribution in [0.2, 0.25) is 0 Å². The Morgan fingerprint density at radius 2 is 1.50 bits per heavy atom. The van der Waals surface area contributed by atoms with Crippen molar-refractivity contribution in [2.24, 2.45) is 0 Å². The second-order valence-electron chi connectivity index (χ2n) is 7.09. The SMILES string of the molecule is CC(C)c1ccc(CSc2nnc(-c3ccc(F)cc3)c3ccccc23)cc1. The van der Waals surface area contributed by atoms with Gasteiger partial charge in [-0.25, -0.2) is 4.39 Å². The van der Waals surface area contributed by atoms with E-state index in [0.29, 0.717) is 5.92 Å². The third-order valence-electron chi connectivity index (χ3n) is 4.79. The standard InChI is InChI=1S/C24H21FN2S/c1-16(2)18-9-7-17(8-10-18)15-28-24-22-6-4-3-5-21(22)23(26-27-24)19-11-13-20(25)14-12-19/h3-14,16H,15H2,1-2H3. The van der Waals surface area contributed by atoms with E-state index in [1.54, 1.807) is 23.9 Å². The molecule has 4 aromatic rings. The van der Waals surface area contributed by atoms with Crippen LogP contribution in [-0.4, -0.2) is 10.2 Å². The Morgan fingerprint density at radius 3 is 2.18 bits per heavy atom. The van der Waals surface area contributed by atoms with Gasteiger partial charge in [0.1, 0.15) is 16.5 Å². The number of halogens is 1. The highest BCUT2D eigenvalue weighted by molar-refractivity contribution is 7.98. The molecule has 0 N–H and O–H groups in total. The molecule has 0 saturated heterocycles. The summed E-state index contributed by atoms with van der Waals surface area (Å²) in [6.07, 6.45) is 0. The summed E-state index contributed by atoms with van der Waals surface area (Å²) >= 11 is 1.69. The van der Waals surface area contributed by atoms with Crippen molar-refractivity contribution in [2.45, 2.75) is 30.5 Å². The van der Waals surface area contributed by atoms with Crippen LogP contribution >= 0.6 is 11.8 Å². The molecule has 0 aliphatic carbocycles. The Kier molecular flexibility index (Phi) is 5.40. The maximum Gasteiger partial charge on any atom is 0.127 e. The third-order valence-corrected chi connectivity index (χ3v) is 5.85. The van der Waals surface area contributed by atoms with Crippen molar-refractivity contribution < 1.29 is 4.39 Å². The Labute approximate surface area is 168 Å². The van der Waals surface area contributed by atoms with Crippen LogP contribution in [-0.2, 0) is 5.75 Å².